The Hall–Kier alpha value is -2.39. The van der Waals surface area contributed by atoms with Gasteiger partial charge in [0.1, 0.15) is 5.82 Å². The quantitative estimate of drug-likeness (QED) is 0.655. The summed E-state index contributed by atoms with van der Waals surface area (Å²) in [5, 5.41) is 9.31. The predicted octanol–water partition coefficient (Wildman–Crippen LogP) is 2.90. The number of benzene rings is 1. The van der Waals surface area contributed by atoms with Crippen LogP contribution in [0.25, 0.3) is 0 Å². The lowest BCUT2D eigenvalue weighted by Gasteiger charge is -2.14. The van der Waals surface area contributed by atoms with Gasteiger partial charge in [0.2, 0.25) is 5.95 Å². The van der Waals surface area contributed by atoms with Crippen LogP contribution in [0.3, 0.4) is 0 Å². The molecule has 0 saturated carbocycles. The van der Waals surface area contributed by atoms with Crippen LogP contribution in [0.4, 0.5) is 30.6 Å². The van der Waals surface area contributed by atoms with E-state index in [0.717, 1.165) is 51.4 Å². The summed E-state index contributed by atoms with van der Waals surface area (Å²) in [7, 11) is 0. The number of hydrogen-bond acceptors (Lipinski definition) is 6. The Bertz CT molecular complexity index is 716. The van der Waals surface area contributed by atoms with Crippen LogP contribution < -0.4 is 16.0 Å². The zero-order valence-corrected chi connectivity index (χ0v) is 14.2. The van der Waals surface area contributed by atoms with E-state index in [2.05, 4.69) is 30.8 Å². The molecular weight excluding hydrogens is 345 g/mol. The molecule has 1 aliphatic heterocycles. The van der Waals surface area contributed by atoms with Crippen LogP contribution in [0, 0.1) is 0 Å². The van der Waals surface area contributed by atoms with Crippen molar-refractivity contribution in [3.63, 3.8) is 0 Å². The smallest absolute Gasteiger partial charge is 0.370 e. The molecule has 1 aromatic carbocycles. The first-order valence-electron chi connectivity index (χ1n) is 8.45. The summed E-state index contributed by atoms with van der Waals surface area (Å²) < 4.78 is 38.3. The Labute approximate surface area is 149 Å². The van der Waals surface area contributed by atoms with Crippen LogP contribution in [0.5, 0.6) is 0 Å². The van der Waals surface area contributed by atoms with Crippen molar-refractivity contribution >= 4 is 17.5 Å². The topological polar surface area (TPSA) is 65.1 Å². The van der Waals surface area contributed by atoms with Crippen LogP contribution in [0.15, 0.2) is 36.5 Å². The third kappa shape index (κ3) is 5.30. The highest BCUT2D eigenvalue weighted by atomic mass is 19.4. The predicted molar refractivity (Wildman–Crippen MR) is 94.3 cm³/mol. The highest BCUT2D eigenvalue weighted by Crippen LogP contribution is 2.31. The largest absolute Gasteiger partial charge is 0.416 e. The molecule has 0 spiro atoms. The van der Waals surface area contributed by atoms with Gasteiger partial charge in [-0.1, -0.05) is 6.07 Å². The summed E-state index contributed by atoms with van der Waals surface area (Å²) in [5.74, 6) is 0.882. The highest BCUT2D eigenvalue weighted by Gasteiger charge is 2.30. The second-order valence-electron chi connectivity index (χ2n) is 6.03. The molecule has 1 fully saturated rings. The van der Waals surface area contributed by atoms with Gasteiger partial charge in [0, 0.05) is 44.7 Å². The molecular formula is C17H21F3N6. The molecule has 1 aliphatic rings. The van der Waals surface area contributed by atoms with Crippen molar-refractivity contribution < 1.29 is 13.2 Å². The molecule has 3 rings (SSSR count). The van der Waals surface area contributed by atoms with Crippen molar-refractivity contribution in [1.82, 2.24) is 20.2 Å². The molecule has 2 heterocycles. The van der Waals surface area contributed by atoms with E-state index in [1.165, 1.54) is 6.07 Å². The van der Waals surface area contributed by atoms with E-state index < -0.39 is 11.7 Å². The number of hydrogen-bond donors (Lipinski definition) is 3. The fourth-order valence-electron chi connectivity index (χ4n) is 2.68. The van der Waals surface area contributed by atoms with E-state index in [-0.39, 0.29) is 5.95 Å². The van der Waals surface area contributed by atoms with Crippen molar-refractivity contribution in [3.8, 4) is 0 Å². The molecule has 1 aromatic heterocycles. The molecule has 9 heteroatoms. The van der Waals surface area contributed by atoms with Crippen molar-refractivity contribution in [2.75, 3.05) is 43.5 Å². The summed E-state index contributed by atoms with van der Waals surface area (Å²) in [4.78, 5) is 10.7. The number of alkyl halides is 3. The van der Waals surface area contributed by atoms with E-state index in [1.54, 1.807) is 18.3 Å². The minimum Gasteiger partial charge on any atom is -0.370 e. The van der Waals surface area contributed by atoms with Crippen molar-refractivity contribution in [2.24, 2.45) is 0 Å². The van der Waals surface area contributed by atoms with E-state index in [0.29, 0.717) is 11.5 Å². The number of anilines is 3. The lowest BCUT2D eigenvalue weighted by Crippen LogP contribution is -2.24. The van der Waals surface area contributed by atoms with Gasteiger partial charge in [0.25, 0.3) is 0 Å². The molecule has 0 unspecified atom stereocenters. The van der Waals surface area contributed by atoms with Gasteiger partial charge in [0.15, 0.2) is 0 Å². The van der Waals surface area contributed by atoms with Crippen molar-refractivity contribution in [2.45, 2.75) is 12.6 Å². The molecule has 0 bridgehead atoms. The van der Waals surface area contributed by atoms with E-state index in [9.17, 15) is 13.2 Å². The second kappa shape index (κ2) is 8.33. The molecule has 0 aliphatic carbocycles. The number of halogens is 3. The van der Waals surface area contributed by atoms with Gasteiger partial charge < -0.3 is 16.0 Å². The Morgan fingerprint density at radius 1 is 1.23 bits per heavy atom. The number of nitrogens with one attached hydrogen (secondary N) is 3. The lowest BCUT2D eigenvalue weighted by molar-refractivity contribution is -0.137. The summed E-state index contributed by atoms with van der Waals surface area (Å²) >= 11 is 0. The molecule has 0 atom stereocenters. The average molecular weight is 366 g/mol. The second-order valence-corrected chi connectivity index (χ2v) is 6.03. The van der Waals surface area contributed by atoms with Gasteiger partial charge in [-0.3, -0.25) is 4.90 Å². The normalized spacial score (nSPS) is 15.2. The van der Waals surface area contributed by atoms with Gasteiger partial charge in [-0.25, -0.2) is 4.98 Å². The van der Waals surface area contributed by atoms with Crippen LogP contribution in [0.1, 0.15) is 12.0 Å². The van der Waals surface area contributed by atoms with Gasteiger partial charge in [-0.2, -0.15) is 18.2 Å². The number of nitrogens with zero attached hydrogens (tertiary/aromatic N) is 3. The van der Waals surface area contributed by atoms with Gasteiger partial charge in [-0.05, 0) is 30.7 Å². The van der Waals surface area contributed by atoms with Gasteiger partial charge in [0.05, 0.1) is 5.56 Å². The summed E-state index contributed by atoms with van der Waals surface area (Å²) in [6, 6.07) is 6.69. The molecule has 6 nitrogen and oxygen atoms in total. The molecule has 26 heavy (non-hydrogen) atoms. The minimum absolute atomic E-state index is 0.248. The summed E-state index contributed by atoms with van der Waals surface area (Å²) in [5.41, 5.74) is -0.424. The first-order chi connectivity index (χ1) is 12.5. The standard InChI is InChI=1S/C17H21F3N6/c18-17(19,20)13-3-1-4-14(11-13)24-16-23-7-5-15(25-16)22-6-2-9-26-10-8-21-12-26/h1,3-5,7,11,21H,2,6,8-10,12H2,(H2,22,23,24,25). The van der Waals surface area contributed by atoms with Crippen LogP contribution in [-0.2, 0) is 6.18 Å². The maximum Gasteiger partial charge on any atom is 0.416 e. The third-order valence-corrected chi connectivity index (χ3v) is 4.00. The van der Waals surface area contributed by atoms with Gasteiger partial charge >= 0.3 is 6.18 Å². The fraction of sp³-hybridized carbons (Fsp3) is 0.412. The zero-order valence-electron chi connectivity index (χ0n) is 14.2. The van der Waals surface area contributed by atoms with Gasteiger partial charge in [-0.15, -0.1) is 0 Å². The monoisotopic (exact) mass is 366 g/mol. The number of rotatable bonds is 7. The lowest BCUT2D eigenvalue weighted by atomic mass is 10.2. The average Bonchev–Trinajstić information content (AvgIpc) is 3.12. The first-order valence-corrected chi connectivity index (χ1v) is 8.45. The maximum atomic E-state index is 12.8. The Morgan fingerprint density at radius 3 is 2.88 bits per heavy atom. The van der Waals surface area contributed by atoms with E-state index in [1.807, 2.05) is 0 Å². The SMILES string of the molecule is FC(F)(F)c1cccc(Nc2nccc(NCCCN3CCNC3)n2)c1. The minimum atomic E-state index is -4.38. The maximum absolute atomic E-state index is 12.8. The van der Waals surface area contributed by atoms with Crippen molar-refractivity contribution in [3.05, 3.63) is 42.1 Å². The van der Waals surface area contributed by atoms with Crippen LogP contribution >= 0.6 is 0 Å². The fourth-order valence-corrected chi connectivity index (χ4v) is 2.68. The molecule has 1 saturated heterocycles. The molecule has 2 aromatic rings. The summed E-state index contributed by atoms with van der Waals surface area (Å²) in [6.07, 6.45) is -1.84. The summed E-state index contributed by atoms with van der Waals surface area (Å²) in [6.45, 7) is 4.79. The Balaban J connectivity index is 1.53. The Morgan fingerprint density at radius 2 is 2.12 bits per heavy atom. The molecule has 140 valence electrons. The number of aromatic nitrogens is 2. The molecule has 3 N–H and O–H groups in total. The molecule has 0 radical (unpaired) electrons. The van der Waals surface area contributed by atoms with E-state index in [4.69, 9.17) is 0 Å². The third-order valence-electron chi connectivity index (χ3n) is 4.00. The Kier molecular flexibility index (Phi) is 5.89. The van der Waals surface area contributed by atoms with Crippen LogP contribution in [0.2, 0.25) is 0 Å². The highest BCUT2D eigenvalue weighted by molar-refractivity contribution is 5.56. The molecule has 0 amide bonds. The van der Waals surface area contributed by atoms with Crippen LogP contribution in [-0.4, -0.2) is 47.7 Å². The van der Waals surface area contributed by atoms with E-state index >= 15 is 0 Å². The first kappa shape index (κ1) is 18.4. The van der Waals surface area contributed by atoms with Crippen molar-refractivity contribution in [1.29, 1.82) is 0 Å². The zero-order chi connectivity index (χ0) is 18.4.